The maximum absolute atomic E-state index is 12.7. The maximum atomic E-state index is 12.7. The van der Waals surface area contributed by atoms with Crippen LogP contribution in [0.25, 0.3) is 0 Å². The van der Waals surface area contributed by atoms with Gasteiger partial charge in [-0.3, -0.25) is 0 Å². The van der Waals surface area contributed by atoms with Crippen molar-refractivity contribution in [3.05, 3.63) is 17.0 Å². The first-order chi connectivity index (χ1) is 8.86. The fourth-order valence-corrected chi connectivity index (χ4v) is 2.36. The molecule has 1 unspecified atom stereocenters. The van der Waals surface area contributed by atoms with Crippen molar-refractivity contribution in [3.63, 3.8) is 0 Å². The fraction of sp³-hybridized carbons (Fsp3) is 0.667. The molecule has 1 atom stereocenters. The summed E-state index contributed by atoms with van der Waals surface area (Å²) in [5.74, 6) is -0.321. The van der Waals surface area contributed by atoms with Crippen molar-refractivity contribution in [2.75, 3.05) is 18.0 Å². The number of hydrogen-bond acceptors (Lipinski definition) is 3. The molecule has 1 aliphatic rings. The highest BCUT2D eigenvalue weighted by Gasteiger charge is 2.35. The Kier molecular flexibility index (Phi) is 4.18. The highest BCUT2D eigenvalue weighted by molar-refractivity contribution is 6.29. The van der Waals surface area contributed by atoms with Crippen LogP contribution in [-0.2, 0) is 6.18 Å². The Balaban J connectivity index is 2.26. The largest absolute Gasteiger partial charge is 0.451 e. The van der Waals surface area contributed by atoms with Gasteiger partial charge in [-0.2, -0.15) is 13.2 Å². The third-order valence-corrected chi connectivity index (χ3v) is 3.47. The first kappa shape index (κ1) is 14.4. The van der Waals surface area contributed by atoms with E-state index in [1.165, 1.54) is 6.07 Å². The van der Waals surface area contributed by atoms with Crippen LogP contribution < -0.4 is 4.90 Å². The molecule has 0 aliphatic carbocycles. The highest BCUT2D eigenvalue weighted by Crippen LogP contribution is 2.30. The van der Waals surface area contributed by atoms with E-state index in [1.54, 1.807) is 0 Å². The van der Waals surface area contributed by atoms with Crippen molar-refractivity contribution in [2.45, 2.75) is 32.4 Å². The van der Waals surface area contributed by atoms with Crippen LogP contribution in [0.15, 0.2) is 6.07 Å². The molecule has 0 radical (unpaired) electrons. The minimum Gasteiger partial charge on any atom is -0.356 e. The van der Waals surface area contributed by atoms with E-state index in [2.05, 4.69) is 16.9 Å². The topological polar surface area (TPSA) is 29.0 Å². The molecule has 0 amide bonds. The molecule has 3 nitrogen and oxygen atoms in total. The molecule has 1 aliphatic heterocycles. The molecule has 7 heteroatoms. The minimum absolute atomic E-state index is 0.172. The van der Waals surface area contributed by atoms with Gasteiger partial charge in [0, 0.05) is 19.2 Å². The first-order valence-corrected chi connectivity index (χ1v) is 6.61. The number of anilines is 1. The number of nitrogens with zero attached hydrogens (tertiary/aromatic N) is 3. The molecule has 1 saturated heterocycles. The van der Waals surface area contributed by atoms with Crippen LogP contribution in [0.5, 0.6) is 0 Å². The van der Waals surface area contributed by atoms with Crippen molar-refractivity contribution >= 4 is 17.4 Å². The Bertz CT molecular complexity index is 450. The maximum Gasteiger partial charge on any atom is 0.451 e. The fourth-order valence-electron chi connectivity index (χ4n) is 2.19. The molecule has 19 heavy (non-hydrogen) atoms. The molecule has 0 saturated carbocycles. The molecule has 1 aromatic heterocycles. The molecule has 0 aromatic carbocycles. The predicted octanol–water partition coefficient (Wildman–Crippen LogP) is 3.78. The zero-order valence-corrected chi connectivity index (χ0v) is 11.3. The van der Waals surface area contributed by atoms with Crippen LogP contribution in [0.2, 0.25) is 5.15 Å². The lowest BCUT2D eigenvalue weighted by Crippen LogP contribution is -2.26. The third kappa shape index (κ3) is 3.72. The average Bonchev–Trinajstić information content (AvgIpc) is 2.52. The molecular formula is C12H15ClF3N3. The molecule has 1 aromatic rings. The van der Waals surface area contributed by atoms with Gasteiger partial charge in [-0.1, -0.05) is 18.5 Å². The van der Waals surface area contributed by atoms with Gasteiger partial charge < -0.3 is 4.90 Å². The summed E-state index contributed by atoms with van der Waals surface area (Å²) in [6.45, 7) is 3.55. The van der Waals surface area contributed by atoms with Gasteiger partial charge in [0.2, 0.25) is 5.82 Å². The van der Waals surface area contributed by atoms with Gasteiger partial charge in [0.05, 0.1) is 0 Å². The van der Waals surface area contributed by atoms with Gasteiger partial charge in [-0.05, 0) is 25.2 Å². The third-order valence-electron chi connectivity index (χ3n) is 3.28. The van der Waals surface area contributed by atoms with Gasteiger partial charge in [-0.25, -0.2) is 9.97 Å². The van der Waals surface area contributed by atoms with Crippen molar-refractivity contribution in [3.8, 4) is 0 Å². The number of alkyl halides is 3. The second kappa shape index (κ2) is 5.53. The molecular weight excluding hydrogens is 279 g/mol. The number of aromatic nitrogens is 2. The Labute approximate surface area is 114 Å². The lowest BCUT2D eigenvalue weighted by molar-refractivity contribution is -0.144. The molecule has 2 heterocycles. The molecule has 1 fully saturated rings. The van der Waals surface area contributed by atoms with Gasteiger partial charge in [0.25, 0.3) is 0 Å². The predicted molar refractivity (Wildman–Crippen MR) is 67.3 cm³/mol. The molecule has 0 bridgehead atoms. The summed E-state index contributed by atoms with van der Waals surface area (Å²) in [5.41, 5.74) is 0. The summed E-state index contributed by atoms with van der Waals surface area (Å²) < 4.78 is 38.0. The van der Waals surface area contributed by atoms with Crippen LogP contribution >= 0.6 is 11.6 Å². The summed E-state index contributed by atoms with van der Waals surface area (Å²) in [6, 6.07) is 1.40. The van der Waals surface area contributed by atoms with Crippen molar-refractivity contribution in [2.24, 2.45) is 5.92 Å². The van der Waals surface area contributed by atoms with Crippen LogP contribution in [0.1, 0.15) is 32.0 Å². The van der Waals surface area contributed by atoms with Crippen molar-refractivity contribution < 1.29 is 13.2 Å². The van der Waals surface area contributed by atoms with E-state index in [4.69, 9.17) is 11.6 Å². The molecule has 0 N–H and O–H groups in total. The van der Waals surface area contributed by atoms with Crippen LogP contribution in [0.3, 0.4) is 0 Å². The second-order valence-corrected chi connectivity index (χ2v) is 5.28. The Morgan fingerprint density at radius 2 is 2.00 bits per heavy atom. The SMILES string of the molecule is CC1CCCN(c2cc(Cl)nc(C(F)(F)F)n2)CC1. The minimum atomic E-state index is -4.57. The quantitative estimate of drug-likeness (QED) is 0.738. The van der Waals surface area contributed by atoms with Crippen molar-refractivity contribution in [1.29, 1.82) is 0 Å². The van der Waals surface area contributed by atoms with Gasteiger partial charge in [0.15, 0.2) is 0 Å². The summed E-state index contributed by atoms with van der Waals surface area (Å²) in [6.07, 6.45) is -1.59. The van der Waals surface area contributed by atoms with E-state index in [9.17, 15) is 13.2 Å². The monoisotopic (exact) mass is 293 g/mol. The zero-order valence-electron chi connectivity index (χ0n) is 10.5. The van der Waals surface area contributed by atoms with E-state index in [1.807, 2.05) is 4.90 Å². The second-order valence-electron chi connectivity index (χ2n) is 4.89. The van der Waals surface area contributed by atoms with Crippen LogP contribution in [-0.4, -0.2) is 23.1 Å². The zero-order chi connectivity index (χ0) is 14.0. The van der Waals surface area contributed by atoms with Crippen LogP contribution in [0.4, 0.5) is 19.0 Å². The Morgan fingerprint density at radius 1 is 1.26 bits per heavy atom. The van der Waals surface area contributed by atoms with E-state index in [0.29, 0.717) is 19.0 Å². The lowest BCUT2D eigenvalue weighted by Gasteiger charge is -2.22. The van der Waals surface area contributed by atoms with Crippen molar-refractivity contribution in [1.82, 2.24) is 9.97 Å². The smallest absolute Gasteiger partial charge is 0.356 e. The average molecular weight is 294 g/mol. The first-order valence-electron chi connectivity index (χ1n) is 6.23. The van der Waals surface area contributed by atoms with Crippen LogP contribution in [0, 0.1) is 5.92 Å². The number of hydrogen-bond donors (Lipinski definition) is 0. The van der Waals surface area contributed by atoms with E-state index in [0.717, 1.165) is 19.3 Å². The molecule has 106 valence electrons. The Hall–Kier alpha value is -1.04. The summed E-state index contributed by atoms with van der Waals surface area (Å²) in [7, 11) is 0. The van der Waals surface area contributed by atoms with Gasteiger partial charge in [-0.15, -0.1) is 0 Å². The Morgan fingerprint density at radius 3 is 2.68 bits per heavy atom. The van der Waals surface area contributed by atoms with E-state index < -0.39 is 12.0 Å². The molecule has 2 rings (SSSR count). The number of rotatable bonds is 1. The number of halogens is 4. The summed E-state index contributed by atoms with van der Waals surface area (Å²) >= 11 is 5.67. The van der Waals surface area contributed by atoms with E-state index in [-0.39, 0.29) is 11.0 Å². The normalized spacial score (nSPS) is 21.3. The van der Waals surface area contributed by atoms with Gasteiger partial charge >= 0.3 is 6.18 Å². The van der Waals surface area contributed by atoms with E-state index >= 15 is 0 Å². The standard InChI is InChI=1S/C12H15ClF3N3/c1-8-3-2-5-19(6-4-8)10-7-9(13)17-11(18-10)12(14,15)16/h7-8H,2-6H2,1H3. The highest BCUT2D eigenvalue weighted by atomic mass is 35.5. The summed E-state index contributed by atoms with van der Waals surface area (Å²) in [5, 5.41) is -0.172. The lowest BCUT2D eigenvalue weighted by atomic mass is 10.0. The molecule has 0 spiro atoms. The summed E-state index contributed by atoms with van der Waals surface area (Å²) in [4.78, 5) is 8.70. The van der Waals surface area contributed by atoms with Gasteiger partial charge in [0.1, 0.15) is 11.0 Å².